The normalized spacial score (nSPS) is 27.1. The number of aliphatic hydroxyl groups excluding tert-OH is 1. The number of aromatic hydroxyl groups is 1. The molecule has 4 aliphatic rings. The zero-order valence-corrected chi connectivity index (χ0v) is 22.2. The topological polar surface area (TPSA) is 108 Å². The van der Waals surface area contributed by atoms with Crippen molar-refractivity contribution in [1.82, 2.24) is 9.80 Å². The number of aliphatic hydroxyl groups is 1. The lowest BCUT2D eigenvalue weighted by Crippen LogP contribution is -2.68. The molecule has 4 heterocycles. The molecule has 2 N–H and O–H groups in total. The molecule has 9 heteroatoms. The van der Waals surface area contributed by atoms with Gasteiger partial charge in [0.1, 0.15) is 18.4 Å². The van der Waals surface area contributed by atoms with Crippen LogP contribution in [0.2, 0.25) is 0 Å². The van der Waals surface area contributed by atoms with Crippen molar-refractivity contribution in [3.8, 4) is 34.8 Å². The van der Waals surface area contributed by atoms with Gasteiger partial charge in [-0.1, -0.05) is 18.7 Å². The molecule has 0 radical (unpaired) electrons. The number of fused-ring (bicyclic) bond motifs is 9. The number of aryl methyl sites for hydroxylation is 1. The van der Waals surface area contributed by atoms with E-state index < -0.39 is 12.1 Å². The van der Waals surface area contributed by atoms with Crippen LogP contribution in [-0.4, -0.2) is 72.3 Å². The molecule has 2 bridgehead atoms. The third-order valence-electron chi connectivity index (χ3n) is 8.78. The number of nitrogens with zero attached hydrogens (tertiary/aromatic N) is 3. The monoisotopic (exact) mass is 519 g/mol. The Kier molecular flexibility index (Phi) is 5.94. The fourth-order valence-electron chi connectivity index (χ4n) is 7.34. The Morgan fingerprint density at radius 3 is 2.63 bits per heavy atom. The molecule has 0 saturated carbocycles. The second kappa shape index (κ2) is 9.09. The van der Waals surface area contributed by atoms with Gasteiger partial charge in [0.05, 0.1) is 31.9 Å². The van der Waals surface area contributed by atoms with Crippen molar-refractivity contribution in [2.24, 2.45) is 0 Å². The minimum Gasteiger partial charge on any atom is -0.504 e. The first-order chi connectivity index (χ1) is 18.4. The third-order valence-corrected chi connectivity index (χ3v) is 8.78. The smallest absolute Gasteiger partial charge is 0.231 e. The Morgan fingerprint density at radius 1 is 1.18 bits per heavy atom. The molecule has 2 aromatic rings. The van der Waals surface area contributed by atoms with Gasteiger partial charge in [-0.15, -0.1) is 0 Å². The Morgan fingerprint density at radius 2 is 1.95 bits per heavy atom. The molecule has 2 aromatic carbocycles. The van der Waals surface area contributed by atoms with E-state index >= 15 is 0 Å². The molecule has 0 amide bonds. The van der Waals surface area contributed by atoms with Gasteiger partial charge in [0.15, 0.2) is 23.0 Å². The first kappa shape index (κ1) is 24.9. The van der Waals surface area contributed by atoms with Gasteiger partial charge in [0.25, 0.3) is 0 Å². The van der Waals surface area contributed by atoms with Gasteiger partial charge in [0.2, 0.25) is 6.79 Å². The molecule has 0 spiro atoms. The summed E-state index contributed by atoms with van der Waals surface area (Å²) < 4.78 is 23.6. The molecule has 1 fully saturated rings. The lowest BCUT2D eigenvalue weighted by atomic mass is 9.71. The van der Waals surface area contributed by atoms with Crippen LogP contribution in [-0.2, 0) is 12.8 Å². The Hall–Kier alpha value is -3.45. The van der Waals surface area contributed by atoms with Crippen molar-refractivity contribution in [3.05, 3.63) is 52.1 Å². The maximum Gasteiger partial charge on any atom is 0.231 e. The number of phenolic OH excluding ortho intramolecular Hbond substituents is 1. The van der Waals surface area contributed by atoms with Crippen molar-refractivity contribution in [3.63, 3.8) is 0 Å². The number of phenols is 1. The van der Waals surface area contributed by atoms with Gasteiger partial charge < -0.3 is 29.2 Å². The standard InChI is InChI=1S/C29H33N3O6/c1-6-7-36-27-15(3)28-29(38-13-37-28)23-17(27)10-19-24-22-16(8-14(2)26(35-5)25(22)34)9-18(31(24)4)20(11-30)32(19)21(23)12-33/h6,8,18-21,24,33-34H,1,7,9-10,12-13H2,2-5H3/t18-,19-,20-,21-,24-/m0/s1. The number of benzene rings is 2. The summed E-state index contributed by atoms with van der Waals surface area (Å²) in [4.78, 5) is 4.36. The minimum absolute atomic E-state index is 0.0885. The molecule has 0 aliphatic carbocycles. The minimum atomic E-state index is -0.509. The number of rotatable bonds is 5. The maximum atomic E-state index is 11.5. The summed E-state index contributed by atoms with van der Waals surface area (Å²) in [6.07, 6.45) is 2.83. The summed E-state index contributed by atoms with van der Waals surface area (Å²) in [5.41, 5.74) is 5.31. The number of hydrogen-bond acceptors (Lipinski definition) is 9. The van der Waals surface area contributed by atoms with Gasteiger partial charge in [-0.3, -0.25) is 9.80 Å². The molecule has 4 aliphatic heterocycles. The van der Waals surface area contributed by atoms with Crippen LogP contribution in [0.1, 0.15) is 45.5 Å². The number of ether oxygens (including phenoxy) is 4. The summed E-state index contributed by atoms with van der Waals surface area (Å²) in [5, 5.41) is 32.8. The van der Waals surface area contributed by atoms with E-state index in [4.69, 9.17) is 18.9 Å². The van der Waals surface area contributed by atoms with E-state index in [9.17, 15) is 15.5 Å². The number of nitriles is 1. The maximum absolute atomic E-state index is 11.5. The molecular weight excluding hydrogens is 486 g/mol. The summed E-state index contributed by atoms with van der Waals surface area (Å²) in [6.45, 7) is 7.88. The molecule has 1 saturated heterocycles. The second-order valence-corrected chi connectivity index (χ2v) is 10.5. The number of hydrogen-bond donors (Lipinski definition) is 2. The molecule has 0 aromatic heterocycles. The predicted octanol–water partition coefficient (Wildman–Crippen LogP) is 3.07. The van der Waals surface area contributed by atoms with Crippen molar-refractivity contribution in [2.45, 2.75) is 56.9 Å². The van der Waals surface area contributed by atoms with Crippen molar-refractivity contribution < 1.29 is 29.2 Å². The zero-order chi connectivity index (χ0) is 26.9. The number of likely N-dealkylation sites (N-methyl/N-ethyl adjacent to an activating group) is 1. The largest absolute Gasteiger partial charge is 0.504 e. The van der Waals surface area contributed by atoms with Gasteiger partial charge in [-0.05, 0) is 44.9 Å². The highest BCUT2D eigenvalue weighted by molar-refractivity contribution is 5.66. The Balaban J connectivity index is 1.60. The van der Waals surface area contributed by atoms with E-state index in [0.717, 1.165) is 33.4 Å². The van der Waals surface area contributed by atoms with Gasteiger partial charge in [0, 0.05) is 34.3 Å². The molecule has 6 rings (SSSR count). The fraction of sp³-hybridized carbons (Fsp3) is 0.483. The van der Waals surface area contributed by atoms with Crippen LogP contribution in [0.5, 0.6) is 28.7 Å². The highest BCUT2D eigenvalue weighted by Gasteiger charge is 2.56. The van der Waals surface area contributed by atoms with E-state index in [1.54, 1.807) is 13.2 Å². The highest BCUT2D eigenvalue weighted by Crippen LogP contribution is 2.58. The molecule has 0 unspecified atom stereocenters. The number of methoxy groups -OCH3 is 1. The van der Waals surface area contributed by atoms with Crippen LogP contribution in [0, 0.1) is 25.2 Å². The zero-order valence-electron chi connectivity index (χ0n) is 22.2. The van der Waals surface area contributed by atoms with Crippen LogP contribution in [0.15, 0.2) is 18.7 Å². The molecule has 9 nitrogen and oxygen atoms in total. The van der Waals surface area contributed by atoms with Crippen LogP contribution >= 0.6 is 0 Å². The van der Waals surface area contributed by atoms with Crippen LogP contribution < -0.4 is 18.9 Å². The van der Waals surface area contributed by atoms with Gasteiger partial charge in [-0.2, -0.15) is 5.26 Å². The van der Waals surface area contributed by atoms with E-state index in [1.807, 2.05) is 20.9 Å². The van der Waals surface area contributed by atoms with Gasteiger partial charge >= 0.3 is 0 Å². The van der Waals surface area contributed by atoms with Crippen molar-refractivity contribution >= 4 is 0 Å². The lowest BCUT2D eigenvalue weighted by molar-refractivity contribution is -0.0825. The van der Waals surface area contributed by atoms with E-state index in [0.29, 0.717) is 42.4 Å². The summed E-state index contributed by atoms with van der Waals surface area (Å²) in [6, 6.07) is 3.06. The highest BCUT2D eigenvalue weighted by atomic mass is 16.7. The predicted molar refractivity (Wildman–Crippen MR) is 139 cm³/mol. The first-order valence-corrected chi connectivity index (χ1v) is 13.0. The Bertz CT molecular complexity index is 1370. The quantitative estimate of drug-likeness (QED) is 0.576. The summed E-state index contributed by atoms with van der Waals surface area (Å²) in [7, 11) is 3.59. The van der Waals surface area contributed by atoms with E-state index in [2.05, 4.69) is 28.5 Å². The molecule has 38 heavy (non-hydrogen) atoms. The molecule has 5 atom stereocenters. The average Bonchev–Trinajstić information content (AvgIpc) is 3.39. The van der Waals surface area contributed by atoms with Gasteiger partial charge in [-0.25, -0.2) is 0 Å². The van der Waals surface area contributed by atoms with E-state index in [1.165, 1.54) is 0 Å². The summed E-state index contributed by atoms with van der Waals surface area (Å²) in [5.74, 6) is 2.54. The second-order valence-electron chi connectivity index (χ2n) is 10.5. The van der Waals surface area contributed by atoms with Crippen LogP contribution in [0.3, 0.4) is 0 Å². The van der Waals surface area contributed by atoms with Crippen molar-refractivity contribution in [2.75, 3.05) is 34.2 Å². The lowest BCUT2D eigenvalue weighted by Gasteiger charge is -2.59. The fourth-order valence-corrected chi connectivity index (χ4v) is 7.34. The average molecular weight is 520 g/mol. The number of piperazine rings is 1. The SMILES string of the molecule is C=CCOc1c(C)c2c(c3c1C[C@H]1[C@H]4c5c(cc(C)c(OC)c5O)C[C@@H]([C@H](C#N)N1[C@H]3CO)N4C)OCO2. The molecule has 200 valence electrons. The van der Waals surface area contributed by atoms with Crippen molar-refractivity contribution in [1.29, 1.82) is 5.26 Å². The van der Waals surface area contributed by atoms with E-state index in [-0.39, 0.29) is 37.3 Å². The third kappa shape index (κ3) is 3.20. The summed E-state index contributed by atoms with van der Waals surface area (Å²) >= 11 is 0. The van der Waals surface area contributed by atoms with Crippen LogP contribution in [0.25, 0.3) is 0 Å². The Labute approximate surface area is 222 Å². The molecular formula is C29H33N3O6. The first-order valence-electron chi connectivity index (χ1n) is 13.0. The van der Waals surface area contributed by atoms with Crippen LogP contribution in [0.4, 0.5) is 0 Å².